The molecule has 188 valence electrons. The molecule has 12 heteroatoms. The van der Waals surface area contributed by atoms with Gasteiger partial charge in [-0.15, -0.1) is 0 Å². The molecule has 1 saturated carbocycles. The average molecular weight is 491 g/mol. The summed E-state index contributed by atoms with van der Waals surface area (Å²) < 4.78 is 41.2. The number of carbonyl (C=O) groups excluding carboxylic acids is 1. The van der Waals surface area contributed by atoms with E-state index in [1.165, 1.54) is 18.2 Å². The molecule has 1 aliphatic carbocycles. The van der Waals surface area contributed by atoms with Gasteiger partial charge in [0.1, 0.15) is 11.5 Å². The lowest BCUT2D eigenvalue weighted by molar-refractivity contribution is -0.142. The predicted octanol–water partition coefficient (Wildman–Crippen LogP) is 3.79. The molecule has 0 radical (unpaired) electrons. The van der Waals surface area contributed by atoms with E-state index in [9.17, 15) is 14.7 Å². The first kappa shape index (κ1) is 24.4. The highest BCUT2D eigenvalue weighted by Crippen LogP contribution is 2.42. The number of carboxylic acids is 1. The van der Waals surface area contributed by atoms with Crippen molar-refractivity contribution in [1.29, 1.82) is 0 Å². The van der Waals surface area contributed by atoms with E-state index >= 15 is 8.78 Å². The molecule has 0 saturated heterocycles. The van der Waals surface area contributed by atoms with Crippen molar-refractivity contribution in [3.05, 3.63) is 29.5 Å². The number of aliphatic carboxylic acids is 1. The fraction of sp³-hybridized carbons (Fsp3) is 0.478. The summed E-state index contributed by atoms with van der Waals surface area (Å²) in [6.45, 7) is 1.61. The number of urea groups is 1. The van der Waals surface area contributed by atoms with Crippen LogP contribution in [0.15, 0.2) is 12.3 Å². The van der Waals surface area contributed by atoms with Crippen LogP contribution in [0.2, 0.25) is 0 Å². The van der Waals surface area contributed by atoms with Gasteiger partial charge in [0.15, 0.2) is 23.1 Å². The lowest BCUT2D eigenvalue weighted by atomic mass is 9.85. The minimum atomic E-state index is -1.03. The number of carboxylic acid groups (broad SMARTS) is 1. The van der Waals surface area contributed by atoms with Crippen molar-refractivity contribution < 1.29 is 33.0 Å². The van der Waals surface area contributed by atoms with Gasteiger partial charge in [-0.3, -0.25) is 14.6 Å². The maximum absolute atomic E-state index is 15.5. The van der Waals surface area contributed by atoms with Gasteiger partial charge in [-0.05, 0) is 32.6 Å². The Hall–Kier alpha value is -3.70. The Kier molecular flexibility index (Phi) is 6.90. The SMILES string of the molecule is CCOc1cc(OC)c(F)c(N2Cc3cnc(NC)nc3N(C3CCC(C(=O)O)CC3)C2=O)c1F. The summed E-state index contributed by atoms with van der Waals surface area (Å²) in [5, 5.41) is 12.2. The molecular weight excluding hydrogens is 464 g/mol. The van der Waals surface area contributed by atoms with Gasteiger partial charge in [-0.2, -0.15) is 4.98 Å². The zero-order valence-electron chi connectivity index (χ0n) is 19.7. The summed E-state index contributed by atoms with van der Waals surface area (Å²) in [5.41, 5.74) is -0.103. The molecule has 2 aromatic rings. The molecule has 2 amide bonds. The smallest absolute Gasteiger partial charge is 0.330 e. The molecule has 35 heavy (non-hydrogen) atoms. The Labute approximate surface area is 200 Å². The number of halogens is 2. The van der Waals surface area contributed by atoms with Crippen LogP contribution in [0.25, 0.3) is 0 Å². The standard InChI is InChI=1S/C23H27F2N5O5/c1-4-35-16-9-15(34-3)17(24)19(18(16)25)29-11-13-10-27-22(26-2)28-20(13)30(23(29)33)14-7-5-12(6-8-14)21(31)32/h9-10,12,14H,4-8,11H2,1-3H3,(H,31,32)(H,26,27,28). The molecule has 0 atom stereocenters. The van der Waals surface area contributed by atoms with Crippen molar-refractivity contribution >= 4 is 29.5 Å². The van der Waals surface area contributed by atoms with E-state index < -0.39 is 41.3 Å². The lowest BCUT2D eigenvalue weighted by Gasteiger charge is -2.42. The van der Waals surface area contributed by atoms with Crippen LogP contribution >= 0.6 is 0 Å². The second kappa shape index (κ2) is 9.88. The summed E-state index contributed by atoms with van der Waals surface area (Å²) >= 11 is 0. The lowest BCUT2D eigenvalue weighted by Crippen LogP contribution is -2.54. The maximum atomic E-state index is 15.5. The molecule has 1 aromatic heterocycles. The number of amides is 2. The van der Waals surface area contributed by atoms with E-state index in [2.05, 4.69) is 15.3 Å². The number of nitrogens with one attached hydrogen (secondary N) is 1. The van der Waals surface area contributed by atoms with Crippen molar-refractivity contribution in [1.82, 2.24) is 9.97 Å². The number of rotatable bonds is 7. The van der Waals surface area contributed by atoms with Gasteiger partial charge < -0.3 is 19.9 Å². The molecule has 0 spiro atoms. The summed E-state index contributed by atoms with van der Waals surface area (Å²) in [5.74, 6) is -3.32. The van der Waals surface area contributed by atoms with Gasteiger partial charge in [0.2, 0.25) is 5.95 Å². The van der Waals surface area contributed by atoms with Crippen LogP contribution in [0.1, 0.15) is 38.2 Å². The minimum absolute atomic E-state index is 0.126. The van der Waals surface area contributed by atoms with Crippen LogP contribution < -0.4 is 24.6 Å². The first-order chi connectivity index (χ1) is 16.8. The summed E-state index contributed by atoms with van der Waals surface area (Å²) in [7, 11) is 2.88. The Balaban J connectivity index is 1.81. The van der Waals surface area contributed by atoms with E-state index in [-0.39, 0.29) is 30.6 Å². The average Bonchev–Trinajstić information content (AvgIpc) is 2.86. The van der Waals surface area contributed by atoms with E-state index in [1.54, 1.807) is 14.0 Å². The minimum Gasteiger partial charge on any atom is -0.493 e. The Morgan fingerprint density at radius 3 is 2.51 bits per heavy atom. The number of carbonyl (C=O) groups is 2. The van der Waals surface area contributed by atoms with Crippen LogP contribution in [0, 0.1) is 17.6 Å². The number of hydrogen-bond donors (Lipinski definition) is 2. The van der Waals surface area contributed by atoms with E-state index in [4.69, 9.17) is 9.47 Å². The molecular formula is C23H27F2N5O5. The molecule has 0 unspecified atom stereocenters. The van der Waals surface area contributed by atoms with Crippen LogP contribution in [0.4, 0.5) is 31.0 Å². The number of anilines is 3. The highest BCUT2D eigenvalue weighted by molar-refractivity contribution is 6.06. The first-order valence-corrected chi connectivity index (χ1v) is 11.4. The van der Waals surface area contributed by atoms with Gasteiger partial charge in [-0.1, -0.05) is 0 Å². The highest BCUT2D eigenvalue weighted by atomic mass is 19.1. The van der Waals surface area contributed by atoms with Crippen LogP contribution in [0.3, 0.4) is 0 Å². The van der Waals surface area contributed by atoms with Crippen molar-refractivity contribution in [3.8, 4) is 11.5 Å². The largest absolute Gasteiger partial charge is 0.493 e. The van der Waals surface area contributed by atoms with Crippen molar-refractivity contribution in [2.24, 2.45) is 5.92 Å². The van der Waals surface area contributed by atoms with Gasteiger partial charge in [0, 0.05) is 30.9 Å². The number of nitrogens with zero attached hydrogens (tertiary/aromatic N) is 4. The van der Waals surface area contributed by atoms with E-state index in [0.29, 0.717) is 37.1 Å². The van der Waals surface area contributed by atoms with Crippen LogP contribution in [0.5, 0.6) is 11.5 Å². The van der Waals surface area contributed by atoms with Gasteiger partial charge in [0.05, 0.1) is 26.2 Å². The summed E-state index contributed by atoms with van der Waals surface area (Å²) in [6.07, 6.45) is 3.06. The monoisotopic (exact) mass is 491 g/mol. The summed E-state index contributed by atoms with van der Waals surface area (Å²) in [4.78, 5) is 36.3. The molecule has 0 bridgehead atoms. The topological polar surface area (TPSA) is 117 Å². The zero-order chi connectivity index (χ0) is 25.3. The third kappa shape index (κ3) is 4.40. The number of fused-ring (bicyclic) bond motifs is 1. The molecule has 10 nitrogen and oxygen atoms in total. The van der Waals surface area contributed by atoms with Crippen molar-refractivity contribution in [3.63, 3.8) is 0 Å². The molecule has 4 rings (SSSR count). The third-order valence-corrected chi connectivity index (χ3v) is 6.37. The molecule has 2 heterocycles. The number of ether oxygens (including phenoxy) is 2. The number of aromatic nitrogens is 2. The Morgan fingerprint density at radius 2 is 1.91 bits per heavy atom. The predicted molar refractivity (Wildman–Crippen MR) is 123 cm³/mol. The van der Waals surface area contributed by atoms with Gasteiger partial charge >= 0.3 is 12.0 Å². The van der Waals surface area contributed by atoms with Gasteiger partial charge in [0.25, 0.3) is 0 Å². The molecule has 2 N–H and O–H groups in total. The quantitative estimate of drug-likeness (QED) is 0.601. The maximum Gasteiger partial charge on any atom is 0.330 e. The van der Waals surface area contributed by atoms with E-state index in [0.717, 1.165) is 11.0 Å². The van der Waals surface area contributed by atoms with E-state index in [1.807, 2.05) is 0 Å². The molecule has 2 aliphatic rings. The second-order valence-corrected chi connectivity index (χ2v) is 8.36. The molecule has 1 aromatic carbocycles. The third-order valence-electron chi connectivity index (χ3n) is 6.37. The van der Waals surface area contributed by atoms with Crippen LogP contribution in [-0.2, 0) is 11.3 Å². The van der Waals surface area contributed by atoms with Crippen molar-refractivity contribution in [2.75, 3.05) is 35.9 Å². The Morgan fingerprint density at radius 1 is 1.23 bits per heavy atom. The first-order valence-electron chi connectivity index (χ1n) is 11.4. The zero-order valence-corrected chi connectivity index (χ0v) is 19.7. The number of hydrogen-bond acceptors (Lipinski definition) is 7. The Bertz CT molecular complexity index is 1140. The van der Waals surface area contributed by atoms with Crippen molar-refractivity contribution in [2.45, 2.75) is 45.2 Å². The van der Waals surface area contributed by atoms with Crippen LogP contribution in [-0.4, -0.2) is 53.9 Å². The normalized spacial score (nSPS) is 19.9. The fourth-order valence-electron chi connectivity index (χ4n) is 4.60. The molecule has 1 aliphatic heterocycles. The summed E-state index contributed by atoms with van der Waals surface area (Å²) in [6, 6.07) is 0.0284. The highest BCUT2D eigenvalue weighted by Gasteiger charge is 2.42. The second-order valence-electron chi connectivity index (χ2n) is 8.36. The molecule has 1 fully saturated rings. The fourth-order valence-corrected chi connectivity index (χ4v) is 4.60. The number of methoxy groups -OCH3 is 1. The number of benzene rings is 1. The van der Waals surface area contributed by atoms with Gasteiger partial charge in [-0.25, -0.2) is 18.6 Å².